The number of ether oxygens (including phenoxy) is 5. The number of esters is 2. The van der Waals surface area contributed by atoms with Gasteiger partial charge in [-0.2, -0.15) is 0 Å². The molecule has 2 aliphatic heterocycles. The van der Waals surface area contributed by atoms with Crippen molar-refractivity contribution in [3.05, 3.63) is 53.6 Å². The van der Waals surface area contributed by atoms with E-state index in [2.05, 4.69) is 19.6 Å². The van der Waals surface area contributed by atoms with Crippen LogP contribution in [0.5, 0.6) is 11.5 Å². The first kappa shape index (κ1) is 23.1. The summed E-state index contributed by atoms with van der Waals surface area (Å²) in [7, 11) is 3.15. The predicted molar refractivity (Wildman–Crippen MR) is 122 cm³/mol. The van der Waals surface area contributed by atoms with E-state index in [0.29, 0.717) is 29.9 Å². The summed E-state index contributed by atoms with van der Waals surface area (Å²) in [6.07, 6.45) is 7.81. The summed E-state index contributed by atoms with van der Waals surface area (Å²) in [6.45, 7) is 6.18. The van der Waals surface area contributed by atoms with E-state index in [1.165, 1.54) is 6.08 Å². The van der Waals surface area contributed by atoms with Crippen molar-refractivity contribution >= 4 is 18.0 Å². The Bertz CT molecular complexity index is 1010. The Balaban J connectivity index is 1.39. The third kappa shape index (κ3) is 4.98. The lowest BCUT2D eigenvalue weighted by molar-refractivity contribution is -0.140. The zero-order chi connectivity index (χ0) is 23.6. The van der Waals surface area contributed by atoms with Gasteiger partial charge in [0.25, 0.3) is 0 Å². The van der Waals surface area contributed by atoms with Crippen LogP contribution in [-0.2, 0) is 23.8 Å². The van der Waals surface area contributed by atoms with E-state index in [-0.39, 0.29) is 36.3 Å². The average Bonchev–Trinajstić information content (AvgIpc) is 3.40. The van der Waals surface area contributed by atoms with Crippen LogP contribution in [0.25, 0.3) is 6.08 Å². The molecule has 0 aromatic heterocycles. The molecule has 1 aromatic rings. The molecule has 7 heteroatoms. The normalized spacial score (nSPS) is 30.5. The second kappa shape index (κ2) is 9.43. The molecule has 0 radical (unpaired) electrons. The Morgan fingerprint density at radius 1 is 1.30 bits per heavy atom. The molecule has 0 bridgehead atoms. The molecule has 176 valence electrons. The number of methoxy groups -OCH3 is 2. The van der Waals surface area contributed by atoms with Gasteiger partial charge in [-0.25, -0.2) is 9.59 Å². The lowest BCUT2D eigenvalue weighted by Crippen LogP contribution is -2.29. The predicted octanol–water partition coefficient (Wildman–Crippen LogP) is 4.02. The maximum atomic E-state index is 12.4. The van der Waals surface area contributed by atoms with Crippen molar-refractivity contribution in [3.8, 4) is 11.5 Å². The Hall–Kier alpha value is -3.06. The second-order valence-electron chi connectivity index (χ2n) is 8.84. The number of carbonyl (C=O) groups excluding carboxylic acids is 2. The quantitative estimate of drug-likeness (QED) is 0.278. The number of allylic oxidation sites excluding steroid dienone is 1. The minimum atomic E-state index is -0.447. The first-order valence-corrected chi connectivity index (χ1v) is 11.2. The standard InChI is InChI=1S/C26H30O7/c1-16-20-10-7-17(6-5-13-26(2)24(33-26)23(20)32-25(16)28)15-31-22(27)12-8-18-14-19(29-3)9-11-21(18)30-4/h6,8-9,11-12,14,20,23-24H,1,5,7,10,13,15H2,2-4H3/b12-8+,17-6+/t20-,23-,24-,26+/m0/s1. The summed E-state index contributed by atoms with van der Waals surface area (Å²) >= 11 is 0. The van der Waals surface area contributed by atoms with Crippen molar-refractivity contribution in [2.45, 2.75) is 50.4 Å². The van der Waals surface area contributed by atoms with Gasteiger partial charge in [0.15, 0.2) is 0 Å². The van der Waals surface area contributed by atoms with Crippen molar-refractivity contribution in [3.63, 3.8) is 0 Å². The van der Waals surface area contributed by atoms with E-state index < -0.39 is 5.97 Å². The van der Waals surface area contributed by atoms with Gasteiger partial charge in [-0.1, -0.05) is 12.7 Å². The maximum absolute atomic E-state index is 12.4. The van der Waals surface area contributed by atoms with E-state index in [9.17, 15) is 9.59 Å². The van der Waals surface area contributed by atoms with Crippen LogP contribution in [0.3, 0.4) is 0 Å². The molecular weight excluding hydrogens is 424 g/mol. The minimum absolute atomic E-state index is 0.0720. The smallest absolute Gasteiger partial charge is 0.334 e. The summed E-state index contributed by atoms with van der Waals surface area (Å²) in [6, 6.07) is 5.36. The Morgan fingerprint density at radius 3 is 2.88 bits per heavy atom. The van der Waals surface area contributed by atoms with Crippen LogP contribution in [0.2, 0.25) is 0 Å². The maximum Gasteiger partial charge on any atom is 0.334 e. The monoisotopic (exact) mass is 454 g/mol. The zero-order valence-corrected chi connectivity index (χ0v) is 19.3. The highest BCUT2D eigenvalue weighted by Crippen LogP contribution is 2.49. The van der Waals surface area contributed by atoms with Crippen molar-refractivity contribution in [1.82, 2.24) is 0 Å². The van der Waals surface area contributed by atoms with Gasteiger partial charge in [-0.3, -0.25) is 0 Å². The molecule has 2 saturated heterocycles. The summed E-state index contributed by atoms with van der Waals surface area (Å²) in [5.41, 5.74) is 1.95. The van der Waals surface area contributed by atoms with E-state index in [1.807, 2.05) is 0 Å². The van der Waals surface area contributed by atoms with Gasteiger partial charge in [-0.05, 0) is 62.5 Å². The molecule has 2 heterocycles. The first-order chi connectivity index (χ1) is 15.8. The van der Waals surface area contributed by atoms with Gasteiger partial charge in [0.1, 0.15) is 30.3 Å². The van der Waals surface area contributed by atoms with Crippen LogP contribution < -0.4 is 9.47 Å². The number of fused-ring (bicyclic) bond motifs is 3. The van der Waals surface area contributed by atoms with Gasteiger partial charge in [0, 0.05) is 23.1 Å². The average molecular weight is 455 g/mol. The molecule has 3 aliphatic rings. The van der Waals surface area contributed by atoms with Crippen LogP contribution in [0.1, 0.15) is 38.2 Å². The number of rotatable bonds is 6. The fourth-order valence-electron chi connectivity index (χ4n) is 4.59. The fourth-order valence-corrected chi connectivity index (χ4v) is 4.59. The molecule has 1 aliphatic carbocycles. The Kier molecular flexibility index (Phi) is 6.61. The van der Waals surface area contributed by atoms with Crippen LogP contribution in [-0.4, -0.2) is 50.6 Å². The molecular formula is C26H30O7. The summed E-state index contributed by atoms with van der Waals surface area (Å²) in [5, 5.41) is 0. The Morgan fingerprint density at radius 2 is 2.12 bits per heavy atom. The van der Waals surface area contributed by atoms with Gasteiger partial charge < -0.3 is 23.7 Å². The number of carbonyl (C=O) groups is 2. The number of epoxide rings is 1. The third-order valence-corrected chi connectivity index (χ3v) is 6.67. The number of hydrogen-bond donors (Lipinski definition) is 0. The molecule has 1 aromatic carbocycles. The van der Waals surface area contributed by atoms with Crippen molar-refractivity contribution < 1.29 is 33.3 Å². The largest absolute Gasteiger partial charge is 0.497 e. The van der Waals surface area contributed by atoms with E-state index in [0.717, 1.165) is 24.0 Å². The first-order valence-electron chi connectivity index (χ1n) is 11.2. The summed E-state index contributed by atoms with van der Waals surface area (Å²) in [4.78, 5) is 24.5. The van der Waals surface area contributed by atoms with Crippen LogP contribution >= 0.6 is 0 Å². The van der Waals surface area contributed by atoms with Crippen molar-refractivity contribution in [1.29, 1.82) is 0 Å². The van der Waals surface area contributed by atoms with Crippen molar-refractivity contribution in [2.24, 2.45) is 5.92 Å². The molecule has 0 N–H and O–H groups in total. The minimum Gasteiger partial charge on any atom is -0.497 e. The van der Waals surface area contributed by atoms with E-state index in [1.54, 1.807) is 38.5 Å². The van der Waals surface area contributed by atoms with Crippen LogP contribution in [0.15, 0.2) is 48.1 Å². The second-order valence-corrected chi connectivity index (χ2v) is 8.84. The SMILES string of the molecule is C=C1C(=O)O[C@H]2[C@H]1CC/C(COC(=O)/C=C/c1cc(OC)ccc1OC)=C\CC[C@@]1(C)O[C@@H]21. The Labute approximate surface area is 194 Å². The molecule has 0 unspecified atom stereocenters. The molecule has 33 heavy (non-hydrogen) atoms. The summed E-state index contributed by atoms with van der Waals surface area (Å²) < 4.78 is 27.6. The zero-order valence-electron chi connectivity index (χ0n) is 19.3. The molecule has 4 rings (SSSR count). The third-order valence-electron chi connectivity index (χ3n) is 6.67. The number of benzene rings is 1. The fraction of sp³-hybridized carbons (Fsp3) is 0.462. The molecule has 0 amide bonds. The molecule has 0 saturated carbocycles. The van der Waals surface area contributed by atoms with Crippen LogP contribution in [0.4, 0.5) is 0 Å². The molecule has 7 nitrogen and oxygen atoms in total. The van der Waals surface area contributed by atoms with Gasteiger partial charge >= 0.3 is 11.9 Å². The molecule has 0 spiro atoms. The highest BCUT2D eigenvalue weighted by molar-refractivity contribution is 5.91. The summed E-state index contributed by atoms with van der Waals surface area (Å²) in [5.74, 6) is 0.434. The molecule has 2 fully saturated rings. The van der Waals surface area contributed by atoms with Crippen molar-refractivity contribution in [2.75, 3.05) is 20.8 Å². The lowest BCUT2D eigenvalue weighted by Gasteiger charge is -2.20. The van der Waals surface area contributed by atoms with Gasteiger partial charge in [0.05, 0.1) is 19.8 Å². The highest BCUT2D eigenvalue weighted by atomic mass is 16.6. The lowest BCUT2D eigenvalue weighted by atomic mass is 9.84. The van der Waals surface area contributed by atoms with Gasteiger partial charge in [-0.15, -0.1) is 0 Å². The van der Waals surface area contributed by atoms with Gasteiger partial charge in [0.2, 0.25) is 0 Å². The topological polar surface area (TPSA) is 83.6 Å². The molecule has 4 atom stereocenters. The number of hydrogen-bond acceptors (Lipinski definition) is 7. The van der Waals surface area contributed by atoms with E-state index in [4.69, 9.17) is 23.7 Å². The highest BCUT2D eigenvalue weighted by Gasteiger charge is 2.61. The van der Waals surface area contributed by atoms with Crippen LogP contribution in [0, 0.1) is 5.92 Å². The van der Waals surface area contributed by atoms with E-state index >= 15 is 0 Å².